The fourth-order valence-corrected chi connectivity index (χ4v) is 4.99. The van der Waals surface area contributed by atoms with Crippen LogP contribution in [0.1, 0.15) is 63.0 Å². The molecular formula is C31H36N2O3. The van der Waals surface area contributed by atoms with Gasteiger partial charge in [0.2, 0.25) is 0 Å². The predicted octanol–water partition coefficient (Wildman–Crippen LogP) is 6.73. The monoisotopic (exact) mass is 484 g/mol. The number of piperidine rings is 1. The second kappa shape index (κ2) is 11.2. The van der Waals surface area contributed by atoms with E-state index in [1.165, 1.54) is 23.6 Å². The summed E-state index contributed by atoms with van der Waals surface area (Å²) < 4.78 is 5.82. The summed E-state index contributed by atoms with van der Waals surface area (Å²) in [5.41, 5.74) is 3.62. The zero-order valence-corrected chi connectivity index (χ0v) is 21.2. The predicted molar refractivity (Wildman–Crippen MR) is 144 cm³/mol. The molecule has 1 spiro atoms. The molecule has 1 amide bonds. The highest BCUT2D eigenvalue weighted by atomic mass is 16.6. The average molecular weight is 485 g/mol. The maximum absolute atomic E-state index is 12.6. The van der Waals surface area contributed by atoms with Crippen LogP contribution in [0.5, 0.6) is 5.75 Å². The molecule has 3 aromatic carbocycles. The largest absolute Gasteiger partial charge is 0.484 e. The van der Waals surface area contributed by atoms with Gasteiger partial charge in [0.05, 0.1) is 5.71 Å². The molecule has 3 aromatic rings. The number of unbranched alkanes of at least 4 members (excludes halogenated alkanes) is 1. The normalized spacial score (nSPS) is 16.8. The van der Waals surface area contributed by atoms with Crippen LogP contribution in [0.2, 0.25) is 0 Å². The van der Waals surface area contributed by atoms with Gasteiger partial charge in [-0.1, -0.05) is 54.9 Å². The van der Waals surface area contributed by atoms with E-state index in [9.17, 15) is 4.79 Å². The van der Waals surface area contributed by atoms with E-state index >= 15 is 0 Å². The molecule has 0 bridgehead atoms. The fraction of sp³-hybridized carbons (Fsp3) is 0.419. The lowest BCUT2D eigenvalue weighted by molar-refractivity contribution is -0.134. The Morgan fingerprint density at radius 1 is 0.944 bits per heavy atom. The Bertz CT molecular complexity index is 1200. The molecule has 2 aliphatic rings. The number of carbonyl (C=O) groups is 1. The quantitative estimate of drug-likeness (QED) is 0.237. The highest BCUT2D eigenvalue weighted by Crippen LogP contribution is 2.53. The van der Waals surface area contributed by atoms with Crippen LogP contribution >= 0.6 is 0 Å². The first-order valence-corrected chi connectivity index (χ1v) is 13.3. The SMILES string of the molecule is CCCCC(=NOCc1ccc2ccccc2c1)c1ccc(OCC(=O)N2CCC3(CC2)CC3)cc1. The zero-order chi connectivity index (χ0) is 24.8. The summed E-state index contributed by atoms with van der Waals surface area (Å²) in [6.45, 7) is 4.45. The molecular weight excluding hydrogens is 448 g/mol. The number of hydrogen-bond acceptors (Lipinski definition) is 4. The van der Waals surface area contributed by atoms with Crippen LogP contribution in [-0.4, -0.2) is 36.2 Å². The highest BCUT2D eigenvalue weighted by molar-refractivity contribution is 6.00. The van der Waals surface area contributed by atoms with Crippen LogP contribution in [0.3, 0.4) is 0 Å². The summed E-state index contributed by atoms with van der Waals surface area (Å²) in [4.78, 5) is 20.3. The molecule has 1 aliphatic heterocycles. The van der Waals surface area contributed by atoms with Crippen molar-refractivity contribution in [1.82, 2.24) is 4.90 Å². The van der Waals surface area contributed by atoms with E-state index in [4.69, 9.17) is 9.57 Å². The molecule has 1 heterocycles. The third kappa shape index (κ3) is 6.07. The third-order valence-electron chi connectivity index (χ3n) is 7.67. The molecule has 1 saturated carbocycles. The number of carbonyl (C=O) groups excluding carboxylic acids is 1. The minimum atomic E-state index is 0.0851. The van der Waals surface area contributed by atoms with Gasteiger partial charge >= 0.3 is 0 Å². The van der Waals surface area contributed by atoms with Gasteiger partial charge in [0.1, 0.15) is 12.4 Å². The van der Waals surface area contributed by atoms with Crippen molar-refractivity contribution in [3.63, 3.8) is 0 Å². The van der Waals surface area contributed by atoms with Crippen molar-refractivity contribution in [2.45, 2.75) is 58.5 Å². The van der Waals surface area contributed by atoms with Crippen LogP contribution in [0.15, 0.2) is 71.9 Å². The smallest absolute Gasteiger partial charge is 0.260 e. The lowest BCUT2D eigenvalue weighted by Gasteiger charge is -2.32. The number of benzene rings is 3. The van der Waals surface area contributed by atoms with E-state index in [0.717, 1.165) is 62.0 Å². The van der Waals surface area contributed by atoms with Crippen molar-refractivity contribution in [1.29, 1.82) is 0 Å². The summed E-state index contributed by atoms with van der Waals surface area (Å²) in [6, 6.07) is 22.5. The van der Waals surface area contributed by atoms with Gasteiger partial charge in [0, 0.05) is 13.1 Å². The van der Waals surface area contributed by atoms with Gasteiger partial charge in [-0.05, 0) is 96.2 Å². The first-order chi connectivity index (χ1) is 17.6. The molecule has 5 rings (SSSR count). The molecule has 0 unspecified atom stereocenters. The van der Waals surface area contributed by atoms with Crippen molar-refractivity contribution in [3.8, 4) is 5.75 Å². The molecule has 1 saturated heterocycles. The molecule has 0 atom stereocenters. The van der Waals surface area contributed by atoms with Crippen molar-refractivity contribution in [2.24, 2.45) is 10.6 Å². The summed E-state index contributed by atoms with van der Waals surface area (Å²) in [7, 11) is 0. The molecule has 5 nitrogen and oxygen atoms in total. The number of oxime groups is 1. The second-order valence-corrected chi connectivity index (χ2v) is 10.3. The standard InChI is InChI=1S/C31H36N2O3/c1-2-3-8-29(32-36-22-24-9-10-25-6-4-5-7-27(25)21-24)26-11-13-28(14-12-26)35-23-30(34)33-19-17-31(15-16-31)18-20-33/h4-7,9-14,21H,2-3,8,15-20,22-23H2,1H3. The van der Waals surface area contributed by atoms with Gasteiger partial charge < -0.3 is 14.5 Å². The molecule has 1 aliphatic carbocycles. The number of hydrogen-bond donors (Lipinski definition) is 0. The van der Waals surface area contributed by atoms with E-state index in [1.54, 1.807) is 0 Å². The fourth-order valence-electron chi connectivity index (χ4n) is 4.99. The van der Waals surface area contributed by atoms with Gasteiger partial charge in [0.15, 0.2) is 6.61 Å². The molecule has 36 heavy (non-hydrogen) atoms. The van der Waals surface area contributed by atoms with Gasteiger partial charge in [-0.2, -0.15) is 0 Å². The van der Waals surface area contributed by atoms with Gasteiger partial charge in [-0.15, -0.1) is 0 Å². The van der Waals surface area contributed by atoms with Crippen LogP contribution in [0.4, 0.5) is 0 Å². The maximum atomic E-state index is 12.6. The first kappa shape index (κ1) is 24.4. The van der Waals surface area contributed by atoms with Crippen molar-refractivity contribution >= 4 is 22.4 Å². The second-order valence-electron chi connectivity index (χ2n) is 10.3. The van der Waals surface area contributed by atoms with Crippen LogP contribution in [0.25, 0.3) is 10.8 Å². The van der Waals surface area contributed by atoms with E-state index < -0.39 is 0 Å². The highest BCUT2D eigenvalue weighted by Gasteiger charge is 2.45. The molecule has 2 fully saturated rings. The van der Waals surface area contributed by atoms with Gasteiger partial charge in [-0.25, -0.2) is 0 Å². The Labute approximate surface area is 214 Å². The summed E-state index contributed by atoms with van der Waals surface area (Å²) >= 11 is 0. The van der Waals surface area contributed by atoms with E-state index in [-0.39, 0.29) is 12.5 Å². The maximum Gasteiger partial charge on any atom is 0.260 e. The number of nitrogens with zero attached hydrogens (tertiary/aromatic N) is 2. The van der Waals surface area contributed by atoms with Gasteiger partial charge in [0.25, 0.3) is 5.91 Å². The number of ether oxygens (including phenoxy) is 1. The summed E-state index contributed by atoms with van der Waals surface area (Å²) in [6.07, 6.45) is 7.97. The number of fused-ring (bicyclic) bond motifs is 1. The van der Waals surface area contributed by atoms with Crippen molar-refractivity contribution in [2.75, 3.05) is 19.7 Å². The van der Waals surface area contributed by atoms with E-state index in [0.29, 0.717) is 17.8 Å². The Kier molecular flexibility index (Phi) is 7.55. The minimum absolute atomic E-state index is 0.0851. The van der Waals surface area contributed by atoms with E-state index in [1.807, 2.05) is 41.3 Å². The van der Waals surface area contributed by atoms with Crippen LogP contribution in [-0.2, 0) is 16.2 Å². The Balaban J connectivity index is 1.16. The van der Waals surface area contributed by atoms with E-state index in [2.05, 4.69) is 42.4 Å². The average Bonchev–Trinajstić information content (AvgIpc) is 3.68. The molecule has 0 radical (unpaired) electrons. The molecule has 5 heteroatoms. The lowest BCUT2D eigenvalue weighted by atomic mass is 9.94. The van der Waals surface area contributed by atoms with Crippen LogP contribution < -0.4 is 4.74 Å². The van der Waals surface area contributed by atoms with Crippen molar-refractivity contribution < 1.29 is 14.4 Å². The molecule has 0 aromatic heterocycles. The minimum Gasteiger partial charge on any atom is -0.484 e. The van der Waals surface area contributed by atoms with Crippen molar-refractivity contribution in [3.05, 3.63) is 77.9 Å². The summed E-state index contributed by atoms with van der Waals surface area (Å²) in [5.74, 6) is 0.788. The third-order valence-corrected chi connectivity index (χ3v) is 7.67. The summed E-state index contributed by atoms with van der Waals surface area (Å²) in [5, 5.41) is 6.93. The zero-order valence-electron chi connectivity index (χ0n) is 21.2. The molecule has 0 N–H and O–H groups in total. The topological polar surface area (TPSA) is 51.1 Å². The number of likely N-dealkylation sites (tertiary alicyclic amines) is 1. The number of rotatable bonds is 10. The lowest BCUT2D eigenvalue weighted by Crippen LogP contribution is -2.41. The molecule has 188 valence electrons. The Hall–Kier alpha value is -3.34. The van der Waals surface area contributed by atoms with Crippen LogP contribution in [0, 0.1) is 5.41 Å². The Morgan fingerprint density at radius 3 is 2.42 bits per heavy atom. The first-order valence-electron chi connectivity index (χ1n) is 13.3. The van der Waals surface area contributed by atoms with Gasteiger partial charge in [-0.3, -0.25) is 4.79 Å². The number of amides is 1. The Morgan fingerprint density at radius 2 is 1.69 bits per heavy atom.